The highest BCUT2D eigenvalue weighted by Crippen LogP contribution is 2.49. The van der Waals surface area contributed by atoms with Crippen LogP contribution >= 0.6 is 0 Å². The number of halogens is 3. The van der Waals surface area contributed by atoms with Crippen LogP contribution in [0.15, 0.2) is 18.5 Å². The van der Waals surface area contributed by atoms with E-state index in [0.717, 1.165) is 51.1 Å². The first kappa shape index (κ1) is 22.8. The van der Waals surface area contributed by atoms with Gasteiger partial charge in [0.25, 0.3) is 0 Å². The van der Waals surface area contributed by atoms with Crippen molar-refractivity contribution in [3.8, 4) is 5.75 Å². The van der Waals surface area contributed by atoms with Gasteiger partial charge in [0.15, 0.2) is 0 Å². The summed E-state index contributed by atoms with van der Waals surface area (Å²) in [5, 5.41) is 10.5. The lowest BCUT2D eigenvalue weighted by atomic mass is 10.1. The summed E-state index contributed by atoms with van der Waals surface area (Å²) in [7, 11) is 0. The maximum Gasteiger partial charge on any atom is 0.490 e. The Morgan fingerprint density at radius 2 is 2.03 bits per heavy atom. The molecule has 3 fully saturated rings. The molecule has 0 aromatic carbocycles. The zero-order valence-corrected chi connectivity index (χ0v) is 16.7. The molecule has 2 N–H and O–H groups in total. The molecular weight excluding hydrogens is 403 g/mol. The lowest BCUT2D eigenvalue weighted by molar-refractivity contribution is -0.192. The highest BCUT2D eigenvalue weighted by atomic mass is 19.4. The molecule has 1 saturated carbocycles. The van der Waals surface area contributed by atoms with E-state index in [1.165, 1.54) is 31.4 Å². The molecule has 1 aliphatic carbocycles. The molecule has 3 heterocycles. The minimum atomic E-state index is -5.08. The van der Waals surface area contributed by atoms with E-state index in [1.54, 1.807) is 0 Å². The number of carboxylic acid groups (broad SMARTS) is 1. The van der Waals surface area contributed by atoms with Crippen LogP contribution in [0.4, 0.5) is 13.2 Å². The third-order valence-corrected chi connectivity index (χ3v) is 5.62. The molecule has 2 saturated heterocycles. The third-order valence-electron chi connectivity index (χ3n) is 5.62. The van der Waals surface area contributed by atoms with Gasteiger partial charge >= 0.3 is 12.1 Å². The van der Waals surface area contributed by atoms with Crippen LogP contribution in [0.5, 0.6) is 5.75 Å². The van der Waals surface area contributed by atoms with Gasteiger partial charge in [-0.25, -0.2) is 4.79 Å². The van der Waals surface area contributed by atoms with E-state index in [4.69, 9.17) is 19.4 Å². The molecule has 7 nitrogen and oxygen atoms in total. The van der Waals surface area contributed by atoms with Gasteiger partial charge < -0.3 is 19.9 Å². The Morgan fingerprint density at radius 3 is 2.63 bits per heavy atom. The second-order valence-corrected chi connectivity index (χ2v) is 7.85. The van der Waals surface area contributed by atoms with Crippen molar-refractivity contribution in [3.05, 3.63) is 24.0 Å². The van der Waals surface area contributed by atoms with Crippen molar-refractivity contribution >= 4 is 5.97 Å². The Hall–Kier alpha value is -1.91. The molecule has 0 amide bonds. The number of ether oxygens (including phenoxy) is 2. The quantitative estimate of drug-likeness (QED) is 0.685. The van der Waals surface area contributed by atoms with Gasteiger partial charge in [0.1, 0.15) is 12.4 Å². The molecule has 3 aliphatic rings. The van der Waals surface area contributed by atoms with Crippen molar-refractivity contribution in [1.29, 1.82) is 0 Å². The lowest BCUT2D eigenvalue weighted by Crippen LogP contribution is -2.46. The largest absolute Gasteiger partial charge is 0.490 e. The predicted octanol–water partition coefficient (Wildman–Crippen LogP) is 2.28. The average molecular weight is 431 g/mol. The van der Waals surface area contributed by atoms with Gasteiger partial charge in [0, 0.05) is 25.3 Å². The number of morpholine rings is 1. The first-order valence-electron chi connectivity index (χ1n) is 10.2. The Balaban J connectivity index is 0.000000318. The number of aromatic nitrogens is 1. The molecule has 0 radical (unpaired) electrons. The molecule has 0 bridgehead atoms. The van der Waals surface area contributed by atoms with Crippen LogP contribution in [0, 0.1) is 5.92 Å². The number of alkyl halides is 3. The molecule has 0 spiro atoms. The zero-order chi connectivity index (χ0) is 21.6. The van der Waals surface area contributed by atoms with Crippen LogP contribution in [-0.4, -0.2) is 79.2 Å². The average Bonchev–Trinajstić information content (AvgIpc) is 3.46. The Bertz CT molecular complexity index is 694. The fraction of sp³-hybridized carbons (Fsp3) is 0.700. The predicted molar refractivity (Wildman–Crippen MR) is 103 cm³/mol. The van der Waals surface area contributed by atoms with E-state index in [0.29, 0.717) is 12.0 Å². The van der Waals surface area contributed by atoms with Crippen LogP contribution in [0.1, 0.15) is 30.7 Å². The maximum absolute atomic E-state index is 10.6. The van der Waals surface area contributed by atoms with Gasteiger partial charge in [0.05, 0.1) is 19.4 Å². The van der Waals surface area contributed by atoms with E-state index >= 15 is 0 Å². The number of carboxylic acids is 1. The molecule has 30 heavy (non-hydrogen) atoms. The molecule has 168 valence electrons. The fourth-order valence-electron chi connectivity index (χ4n) is 3.55. The van der Waals surface area contributed by atoms with E-state index in [9.17, 15) is 13.2 Å². The summed E-state index contributed by atoms with van der Waals surface area (Å²) in [4.78, 5) is 15.8. The molecule has 2 aliphatic heterocycles. The number of nitrogens with one attached hydrogen (secondary N) is 1. The second-order valence-electron chi connectivity index (χ2n) is 7.85. The van der Waals surface area contributed by atoms with Crippen molar-refractivity contribution in [2.45, 2.75) is 37.4 Å². The molecular formula is C20H28F3N3O4. The van der Waals surface area contributed by atoms with Gasteiger partial charge in [-0.1, -0.05) is 0 Å². The highest BCUT2D eigenvalue weighted by Gasteiger charge is 2.39. The fourth-order valence-corrected chi connectivity index (χ4v) is 3.55. The molecule has 1 aromatic rings. The third kappa shape index (κ3) is 7.10. The smallest absolute Gasteiger partial charge is 0.490 e. The van der Waals surface area contributed by atoms with E-state index in [2.05, 4.69) is 21.3 Å². The number of pyridine rings is 1. The molecule has 0 unspecified atom stereocenters. The van der Waals surface area contributed by atoms with Crippen LogP contribution in [0.25, 0.3) is 0 Å². The summed E-state index contributed by atoms with van der Waals surface area (Å²) in [6.07, 6.45) is 2.60. The summed E-state index contributed by atoms with van der Waals surface area (Å²) in [6.45, 7) is 7.08. The van der Waals surface area contributed by atoms with Crippen LogP contribution < -0.4 is 10.1 Å². The Kier molecular flexibility index (Phi) is 7.90. The number of aliphatic carboxylic acids is 1. The second kappa shape index (κ2) is 10.4. The lowest BCUT2D eigenvalue weighted by Gasteiger charge is -2.27. The SMILES string of the molecule is O=C(O)C(F)(F)F.c1ncc([C@H]2C[C@@H]2CCN2CCOCC2)cc1OC[C@@H]1CCN1. The summed E-state index contributed by atoms with van der Waals surface area (Å²) >= 11 is 0. The minimum Gasteiger partial charge on any atom is -0.490 e. The summed E-state index contributed by atoms with van der Waals surface area (Å²) in [5.74, 6) is -0.320. The number of hydrogen-bond donors (Lipinski definition) is 2. The number of rotatable bonds is 7. The summed E-state index contributed by atoms with van der Waals surface area (Å²) in [6, 6.07) is 2.73. The van der Waals surface area contributed by atoms with Crippen LogP contribution in [-0.2, 0) is 9.53 Å². The number of carbonyl (C=O) groups is 1. The Morgan fingerprint density at radius 1 is 1.33 bits per heavy atom. The van der Waals surface area contributed by atoms with Gasteiger partial charge in [-0.3, -0.25) is 9.88 Å². The van der Waals surface area contributed by atoms with Crippen molar-refractivity contribution < 1.29 is 32.5 Å². The number of hydrogen-bond acceptors (Lipinski definition) is 6. The van der Waals surface area contributed by atoms with E-state index in [-0.39, 0.29) is 0 Å². The summed E-state index contributed by atoms with van der Waals surface area (Å²) in [5.41, 5.74) is 1.36. The van der Waals surface area contributed by atoms with Crippen LogP contribution in [0.2, 0.25) is 0 Å². The van der Waals surface area contributed by atoms with E-state index in [1.807, 2.05) is 12.4 Å². The van der Waals surface area contributed by atoms with Crippen molar-refractivity contribution in [2.24, 2.45) is 5.92 Å². The Labute approximate surface area is 173 Å². The van der Waals surface area contributed by atoms with Crippen molar-refractivity contribution in [2.75, 3.05) is 46.0 Å². The first-order valence-corrected chi connectivity index (χ1v) is 10.2. The van der Waals surface area contributed by atoms with Gasteiger partial charge in [-0.05, 0) is 55.8 Å². The zero-order valence-electron chi connectivity index (χ0n) is 16.7. The van der Waals surface area contributed by atoms with Crippen molar-refractivity contribution in [3.63, 3.8) is 0 Å². The minimum absolute atomic E-state index is 0.529. The normalized spacial score (nSPS) is 26.2. The standard InChI is InChI=1S/C18H27N3O2.C2HF3O2/c1-3-20-16(1)13-23-17-9-15(11-19-12-17)18-10-14(18)2-4-21-5-7-22-8-6-21;3-2(4,5)1(6)7/h9,11-12,14,16,18,20H,1-8,10,13H2;(H,6,7)/t14-,16-,18-;/m0./s1. The van der Waals surface area contributed by atoms with Gasteiger partial charge in [-0.15, -0.1) is 0 Å². The first-order chi connectivity index (χ1) is 14.3. The van der Waals surface area contributed by atoms with Gasteiger partial charge in [0.2, 0.25) is 0 Å². The monoisotopic (exact) mass is 431 g/mol. The molecule has 10 heteroatoms. The molecule has 1 aromatic heterocycles. The summed E-state index contributed by atoms with van der Waals surface area (Å²) < 4.78 is 43.0. The maximum atomic E-state index is 10.6. The van der Waals surface area contributed by atoms with E-state index < -0.39 is 12.1 Å². The van der Waals surface area contributed by atoms with Crippen molar-refractivity contribution in [1.82, 2.24) is 15.2 Å². The number of nitrogens with zero attached hydrogens (tertiary/aromatic N) is 2. The topological polar surface area (TPSA) is 83.9 Å². The van der Waals surface area contributed by atoms with Crippen LogP contribution in [0.3, 0.4) is 0 Å². The molecule has 3 atom stereocenters. The molecule has 4 rings (SSSR count). The van der Waals surface area contributed by atoms with Gasteiger partial charge in [-0.2, -0.15) is 13.2 Å². The highest BCUT2D eigenvalue weighted by molar-refractivity contribution is 5.73.